The lowest BCUT2D eigenvalue weighted by Crippen LogP contribution is -2.18. The van der Waals surface area contributed by atoms with Crippen LogP contribution in [0.5, 0.6) is 0 Å². The van der Waals surface area contributed by atoms with Crippen molar-refractivity contribution in [2.75, 3.05) is 0 Å². The highest BCUT2D eigenvalue weighted by molar-refractivity contribution is 7.15. The van der Waals surface area contributed by atoms with Gasteiger partial charge in [-0.2, -0.15) is 10.1 Å². The summed E-state index contributed by atoms with van der Waals surface area (Å²) in [5.74, 6) is 1.66. The highest BCUT2D eigenvalue weighted by atomic mass is 32.1. The van der Waals surface area contributed by atoms with Crippen LogP contribution in [0.15, 0.2) is 23.8 Å². The van der Waals surface area contributed by atoms with Crippen molar-refractivity contribution in [1.82, 2.24) is 24.5 Å². The molecule has 108 valence electrons. The van der Waals surface area contributed by atoms with Crippen LogP contribution in [-0.4, -0.2) is 25.2 Å². The zero-order chi connectivity index (χ0) is 13.8. The Balaban J connectivity index is 1.55. The minimum absolute atomic E-state index is 0.683. The second-order valence-corrected chi connectivity index (χ2v) is 6.93. The second-order valence-electron chi connectivity index (χ2n) is 6.05. The van der Waals surface area contributed by atoms with Gasteiger partial charge in [-0.3, -0.25) is 4.40 Å². The van der Waals surface area contributed by atoms with Gasteiger partial charge in [-0.25, -0.2) is 4.68 Å². The van der Waals surface area contributed by atoms with Crippen LogP contribution < -0.4 is 5.32 Å². The van der Waals surface area contributed by atoms with Gasteiger partial charge < -0.3 is 5.32 Å². The van der Waals surface area contributed by atoms with Crippen molar-refractivity contribution in [2.45, 2.75) is 44.2 Å². The summed E-state index contributed by atoms with van der Waals surface area (Å²) in [6.45, 7) is 0.858. The van der Waals surface area contributed by atoms with E-state index in [0.717, 1.165) is 17.3 Å². The van der Waals surface area contributed by atoms with Crippen molar-refractivity contribution >= 4 is 16.3 Å². The molecule has 3 heterocycles. The Morgan fingerprint density at radius 1 is 1.24 bits per heavy atom. The quantitative estimate of drug-likeness (QED) is 0.788. The largest absolute Gasteiger partial charge is 0.308 e. The van der Waals surface area contributed by atoms with Gasteiger partial charge in [0.2, 0.25) is 0 Å². The molecule has 0 aromatic carbocycles. The predicted octanol–water partition coefficient (Wildman–Crippen LogP) is 2.71. The molecule has 0 unspecified atom stereocenters. The van der Waals surface area contributed by atoms with Crippen LogP contribution in [0.4, 0.5) is 0 Å². The molecule has 0 radical (unpaired) electrons. The lowest BCUT2D eigenvalue weighted by Gasteiger charge is -2.05. The molecule has 2 saturated carbocycles. The van der Waals surface area contributed by atoms with E-state index < -0.39 is 0 Å². The lowest BCUT2D eigenvalue weighted by atomic mass is 10.3. The molecule has 2 fully saturated rings. The summed E-state index contributed by atoms with van der Waals surface area (Å²) in [6, 6.07) is 2.84. The van der Waals surface area contributed by atoms with Gasteiger partial charge in [-0.15, -0.1) is 11.3 Å². The minimum Gasteiger partial charge on any atom is -0.308 e. The van der Waals surface area contributed by atoms with Gasteiger partial charge in [0, 0.05) is 36.3 Å². The SMILES string of the molecule is c1cn2c(CNC3CC3)c(-n3ccc(C4CC4)n3)nc2s1. The van der Waals surface area contributed by atoms with E-state index in [2.05, 4.69) is 33.6 Å². The van der Waals surface area contributed by atoms with Crippen LogP contribution >= 0.6 is 11.3 Å². The summed E-state index contributed by atoms with van der Waals surface area (Å²) in [6.07, 6.45) is 9.33. The first-order valence-electron chi connectivity index (χ1n) is 7.62. The van der Waals surface area contributed by atoms with Gasteiger partial charge in [0.15, 0.2) is 10.8 Å². The predicted molar refractivity (Wildman–Crippen MR) is 82.0 cm³/mol. The maximum absolute atomic E-state index is 4.78. The summed E-state index contributed by atoms with van der Waals surface area (Å²) >= 11 is 1.68. The summed E-state index contributed by atoms with van der Waals surface area (Å²) in [7, 11) is 0. The smallest absolute Gasteiger partial charge is 0.196 e. The van der Waals surface area contributed by atoms with Crippen LogP contribution in [0.3, 0.4) is 0 Å². The molecular weight excluding hydrogens is 282 g/mol. The highest BCUT2D eigenvalue weighted by Crippen LogP contribution is 2.39. The zero-order valence-corrected chi connectivity index (χ0v) is 12.5. The number of hydrogen-bond acceptors (Lipinski definition) is 4. The number of hydrogen-bond donors (Lipinski definition) is 1. The second kappa shape index (κ2) is 4.42. The molecule has 3 aromatic rings. The third-order valence-corrected chi connectivity index (χ3v) is 5.05. The van der Waals surface area contributed by atoms with Crippen molar-refractivity contribution < 1.29 is 0 Å². The van der Waals surface area contributed by atoms with Gasteiger partial charge in [0.1, 0.15) is 0 Å². The Bertz CT molecular complexity index is 790. The first-order chi connectivity index (χ1) is 10.4. The summed E-state index contributed by atoms with van der Waals surface area (Å²) in [5.41, 5.74) is 2.43. The third kappa shape index (κ3) is 2.10. The van der Waals surface area contributed by atoms with Gasteiger partial charge in [-0.1, -0.05) is 0 Å². The fourth-order valence-electron chi connectivity index (χ4n) is 2.75. The molecule has 2 aliphatic rings. The number of imidazole rings is 1. The molecule has 2 aliphatic carbocycles. The molecule has 0 amide bonds. The lowest BCUT2D eigenvalue weighted by molar-refractivity contribution is 0.662. The molecule has 6 heteroatoms. The highest BCUT2D eigenvalue weighted by Gasteiger charge is 2.27. The number of nitrogens with zero attached hydrogens (tertiary/aromatic N) is 4. The van der Waals surface area contributed by atoms with E-state index in [0.29, 0.717) is 12.0 Å². The fourth-order valence-corrected chi connectivity index (χ4v) is 3.48. The normalized spacial score (nSPS) is 18.7. The molecule has 0 bridgehead atoms. The van der Waals surface area contributed by atoms with Gasteiger partial charge in [0.05, 0.1) is 11.4 Å². The Kier molecular flexibility index (Phi) is 2.51. The number of fused-ring (bicyclic) bond motifs is 1. The topological polar surface area (TPSA) is 47.1 Å². The van der Waals surface area contributed by atoms with Crippen molar-refractivity contribution in [3.05, 3.63) is 35.2 Å². The zero-order valence-electron chi connectivity index (χ0n) is 11.7. The molecule has 3 aromatic heterocycles. The summed E-state index contributed by atoms with van der Waals surface area (Å²) < 4.78 is 4.14. The van der Waals surface area contributed by atoms with E-state index in [4.69, 9.17) is 10.1 Å². The first kappa shape index (κ1) is 11.9. The van der Waals surface area contributed by atoms with E-state index in [9.17, 15) is 0 Å². The average Bonchev–Trinajstić information content (AvgIpc) is 3.37. The summed E-state index contributed by atoms with van der Waals surface area (Å²) in [4.78, 5) is 5.82. The first-order valence-corrected chi connectivity index (χ1v) is 8.50. The number of thiazole rings is 1. The average molecular weight is 299 g/mol. The molecule has 0 atom stereocenters. The van der Waals surface area contributed by atoms with Crippen LogP contribution in [0.2, 0.25) is 0 Å². The molecular formula is C15H17N5S. The Morgan fingerprint density at radius 2 is 2.14 bits per heavy atom. The summed E-state index contributed by atoms with van der Waals surface area (Å²) in [5, 5.41) is 10.4. The van der Waals surface area contributed by atoms with E-state index >= 15 is 0 Å². The maximum atomic E-state index is 4.78. The maximum Gasteiger partial charge on any atom is 0.196 e. The number of nitrogens with one attached hydrogen (secondary N) is 1. The third-order valence-electron chi connectivity index (χ3n) is 4.30. The monoisotopic (exact) mass is 299 g/mol. The van der Waals surface area contributed by atoms with Crippen LogP contribution in [0.25, 0.3) is 10.8 Å². The van der Waals surface area contributed by atoms with E-state index in [1.165, 1.54) is 37.1 Å². The van der Waals surface area contributed by atoms with Gasteiger partial charge in [-0.05, 0) is 31.7 Å². The molecule has 21 heavy (non-hydrogen) atoms. The van der Waals surface area contributed by atoms with Gasteiger partial charge in [0.25, 0.3) is 0 Å². The Labute approximate surface area is 126 Å². The Hall–Kier alpha value is -1.66. The van der Waals surface area contributed by atoms with Gasteiger partial charge >= 0.3 is 0 Å². The molecule has 0 spiro atoms. The number of rotatable bonds is 5. The van der Waals surface area contributed by atoms with Crippen molar-refractivity contribution in [1.29, 1.82) is 0 Å². The van der Waals surface area contributed by atoms with Crippen molar-refractivity contribution in [2.24, 2.45) is 0 Å². The standard InChI is InChI=1S/C15H17N5S/c1-2-10(1)12-5-6-20(18-12)14-13(9-16-11-3-4-11)19-7-8-21-15(19)17-14/h5-8,10-11,16H,1-4,9H2. The van der Waals surface area contributed by atoms with Crippen molar-refractivity contribution in [3.63, 3.8) is 0 Å². The van der Waals surface area contributed by atoms with Crippen LogP contribution in [0, 0.1) is 0 Å². The van der Waals surface area contributed by atoms with E-state index in [1.807, 2.05) is 4.68 Å². The fraction of sp³-hybridized carbons (Fsp3) is 0.467. The molecule has 5 rings (SSSR count). The number of aromatic nitrogens is 4. The van der Waals surface area contributed by atoms with E-state index in [1.54, 1.807) is 11.3 Å². The van der Waals surface area contributed by atoms with Crippen LogP contribution in [0.1, 0.15) is 43.0 Å². The Morgan fingerprint density at radius 3 is 2.95 bits per heavy atom. The molecule has 5 nitrogen and oxygen atoms in total. The van der Waals surface area contributed by atoms with Crippen molar-refractivity contribution in [3.8, 4) is 5.82 Å². The molecule has 1 N–H and O–H groups in total. The molecule has 0 saturated heterocycles. The minimum atomic E-state index is 0.683. The van der Waals surface area contributed by atoms with Crippen LogP contribution in [-0.2, 0) is 6.54 Å². The molecule has 0 aliphatic heterocycles. The van der Waals surface area contributed by atoms with E-state index in [-0.39, 0.29) is 0 Å².